The molecule has 4 nitrogen and oxygen atoms in total. The van der Waals surface area contributed by atoms with E-state index < -0.39 is 0 Å². The second-order valence-corrected chi connectivity index (χ2v) is 5.07. The van der Waals surface area contributed by atoms with Crippen molar-refractivity contribution in [1.82, 2.24) is 9.55 Å². The number of nitrogens with zero attached hydrogens (tertiary/aromatic N) is 2. The van der Waals surface area contributed by atoms with Crippen LogP contribution in [0, 0.1) is 0 Å². The van der Waals surface area contributed by atoms with Crippen molar-refractivity contribution >= 4 is 22.0 Å². The van der Waals surface area contributed by atoms with Crippen molar-refractivity contribution in [2.24, 2.45) is 5.73 Å². The van der Waals surface area contributed by atoms with E-state index in [9.17, 15) is 0 Å². The fourth-order valence-corrected chi connectivity index (χ4v) is 2.79. The summed E-state index contributed by atoms with van der Waals surface area (Å²) in [5.74, 6) is 0.904. The Labute approximate surface area is 121 Å². The van der Waals surface area contributed by atoms with E-state index >= 15 is 0 Å². The number of aromatic nitrogens is 2. The zero-order valence-corrected chi connectivity index (χ0v) is 11.5. The van der Waals surface area contributed by atoms with E-state index in [1.54, 1.807) is 0 Å². The molecule has 0 aliphatic carbocycles. The maximum Gasteiger partial charge on any atom is 0.134 e. The minimum atomic E-state index is 0.471. The van der Waals surface area contributed by atoms with Crippen LogP contribution in [0.4, 0.5) is 0 Å². The summed E-state index contributed by atoms with van der Waals surface area (Å²) in [6, 6.07) is 16.1. The van der Waals surface area contributed by atoms with E-state index in [-0.39, 0.29) is 0 Å². The Morgan fingerprint density at radius 2 is 1.86 bits per heavy atom. The zero-order chi connectivity index (χ0) is 14.2. The van der Waals surface area contributed by atoms with Gasteiger partial charge in [-0.1, -0.05) is 30.3 Å². The van der Waals surface area contributed by atoms with Crippen LogP contribution in [-0.2, 0) is 13.1 Å². The molecule has 0 aliphatic heterocycles. The predicted octanol–water partition coefficient (Wildman–Crippen LogP) is 3.29. The first-order valence-electron chi connectivity index (χ1n) is 6.96. The Bertz CT molecular complexity index is 920. The topological polar surface area (TPSA) is 57.0 Å². The van der Waals surface area contributed by atoms with E-state index in [0.717, 1.165) is 33.3 Å². The molecule has 2 N–H and O–H groups in total. The molecule has 0 spiro atoms. The lowest BCUT2D eigenvalue weighted by Crippen LogP contribution is -2.03. The van der Waals surface area contributed by atoms with Gasteiger partial charge in [-0.05, 0) is 18.2 Å². The molecule has 0 radical (unpaired) electrons. The summed E-state index contributed by atoms with van der Waals surface area (Å²) in [4.78, 5) is 4.41. The number of hydrogen-bond acceptors (Lipinski definition) is 3. The van der Waals surface area contributed by atoms with Gasteiger partial charge < -0.3 is 14.7 Å². The standard InChI is InChI=1S/C17H15N3O/c18-9-13-12-5-1-4-8-16(12)21-17(13)10-20-11-19-14-6-2-3-7-15(14)20/h1-8,11H,9-10,18H2. The van der Waals surface area contributed by atoms with E-state index in [2.05, 4.69) is 21.7 Å². The van der Waals surface area contributed by atoms with Gasteiger partial charge in [-0.25, -0.2) is 4.98 Å². The normalized spacial score (nSPS) is 11.5. The smallest absolute Gasteiger partial charge is 0.134 e. The van der Waals surface area contributed by atoms with E-state index in [4.69, 9.17) is 10.2 Å². The van der Waals surface area contributed by atoms with Crippen LogP contribution >= 0.6 is 0 Å². The van der Waals surface area contributed by atoms with E-state index in [0.29, 0.717) is 13.1 Å². The third-order valence-corrected chi connectivity index (χ3v) is 3.83. The molecule has 0 amide bonds. The second-order valence-electron chi connectivity index (χ2n) is 5.07. The van der Waals surface area contributed by atoms with Crippen LogP contribution in [0.25, 0.3) is 22.0 Å². The highest BCUT2D eigenvalue weighted by molar-refractivity contribution is 5.82. The van der Waals surface area contributed by atoms with Gasteiger partial charge in [0.1, 0.15) is 11.3 Å². The van der Waals surface area contributed by atoms with E-state index in [1.165, 1.54) is 0 Å². The summed E-state index contributed by atoms with van der Waals surface area (Å²) in [5, 5.41) is 1.10. The minimum Gasteiger partial charge on any atom is -0.459 e. The molecule has 2 aromatic heterocycles. The number of hydrogen-bond donors (Lipinski definition) is 1. The van der Waals surface area contributed by atoms with Crippen molar-refractivity contribution in [2.75, 3.05) is 0 Å². The van der Waals surface area contributed by atoms with Crippen LogP contribution in [0.1, 0.15) is 11.3 Å². The van der Waals surface area contributed by atoms with Crippen LogP contribution in [0.15, 0.2) is 59.3 Å². The molecule has 4 heteroatoms. The summed E-state index contributed by atoms with van der Waals surface area (Å²) in [5.41, 5.74) is 9.96. The number of furan rings is 1. The molecule has 104 valence electrons. The highest BCUT2D eigenvalue weighted by Gasteiger charge is 2.13. The average Bonchev–Trinajstić information content (AvgIpc) is 3.09. The molecule has 21 heavy (non-hydrogen) atoms. The Hall–Kier alpha value is -2.59. The first-order valence-corrected chi connectivity index (χ1v) is 6.96. The number of nitrogens with two attached hydrogens (primary N) is 1. The first kappa shape index (κ1) is 12.2. The lowest BCUT2D eigenvalue weighted by molar-refractivity contribution is 0.525. The van der Waals surface area contributed by atoms with Crippen molar-refractivity contribution < 1.29 is 4.42 Å². The fourth-order valence-electron chi connectivity index (χ4n) is 2.79. The molecule has 0 aliphatic rings. The lowest BCUT2D eigenvalue weighted by Gasteiger charge is -2.03. The summed E-state index contributed by atoms with van der Waals surface area (Å²) in [7, 11) is 0. The number of rotatable bonds is 3. The molecule has 2 aromatic carbocycles. The highest BCUT2D eigenvalue weighted by Crippen LogP contribution is 2.27. The molecule has 4 aromatic rings. The van der Waals surface area contributed by atoms with Crippen LogP contribution < -0.4 is 5.73 Å². The monoisotopic (exact) mass is 277 g/mol. The van der Waals surface area contributed by atoms with Gasteiger partial charge in [0.05, 0.1) is 23.9 Å². The molecule has 0 unspecified atom stereocenters. The molecule has 4 rings (SSSR count). The highest BCUT2D eigenvalue weighted by atomic mass is 16.3. The number of benzene rings is 2. The third-order valence-electron chi connectivity index (χ3n) is 3.83. The van der Waals surface area contributed by atoms with Crippen LogP contribution in [-0.4, -0.2) is 9.55 Å². The van der Waals surface area contributed by atoms with Gasteiger partial charge in [0.2, 0.25) is 0 Å². The molecular weight excluding hydrogens is 262 g/mol. The van der Waals surface area contributed by atoms with Gasteiger partial charge in [0, 0.05) is 17.5 Å². The van der Waals surface area contributed by atoms with Crippen molar-refractivity contribution in [2.45, 2.75) is 13.1 Å². The van der Waals surface area contributed by atoms with Gasteiger partial charge in [0.25, 0.3) is 0 Å². The Morgan fingerprint density at radius 1 is 1.05 bits per heavy atom. The van der Waals surface area contributed by atoms with Gasteiger partial charge in [0.15, 0.2) is 0 Å². The summed E-state index contributed by atoms with van der Waals surface area (Å²) in [6.07, 6.45) is 1.85. The Kier molecular flexibility index (Phi) is 2.75. The summed E-state index contributed by atoms with van der Waals surface area (Å²) < 4.78 is 8.07. The quantitative estimate of drug-likeness (QED) is 0.625. The first-order chi connectivity index (χ1) is 10.4. The summed E-state index contributed by atoms with van der Waals surface area (Å²) >= 11 is 0. The molecule has 0 atom stereocenters. The average molecular weight is 277 g/mol. The number of para-hydroxylation sites is 3. The SMILES string of the molecule is NCc1c(Cn2cnc3ccccc32)oc2ccccc12. The molecule has 0 saturated carbocycles. The Morgan fingerprint density at radius 3 is 2.76 bits per heavy atom. The van der Waals surface area contributed by atoms with Gasteiger partial charge in [-0.2, -0.15) is 0 Å². The van der Waals surface area contributed by atoms with Crippen LogP contribution in [0.3, 0.4) is 0 Å². The van der Waals surface area contributed by atoms with Crippen molar-refractivity contribution in [3.05, 3.63) is 66.2 Å². The van der Waals surface area contributed by atoms with Crippen molar-refractivity contribution in [3.63, 3.8) is 0 Å². The van der Waals surface area contributed by atoms with Crippen LogP contribution in [0.2, 0.25) is 0 Å². The summed E-state index contributed by atoms with van der Waals surface area (Å²) in [6.45, 7) is 1.11. The van der Waals surface area contributed by atoms with Crippen molar-refractivity contribution in [1.29, 1.82) is 0 Å². The molecule has 2 heterocycles. The molecule has 0 saturated heterocycles. The lowest BCUT2D eigenvalue weighted by atomic mass is 10.1. The maximum atomic E-state index is 5.98. The molecular formula is C17H15N3O. The predicted molar refractivity (Wildman–Crippen MR) is 82.9 cm³/mol. The Balaban J connectivity index is 1.84. The van der Waals surface area contributed by atoms with Crippen molar-refractivity contribution in [3.8, 4) is 0 Å². The largest absolute Gasteiger partial charge is 0.459 e. The minimum absolute atomic E-state index is 0.471. The number of fused-ring (bicyclic) bond motifs is 2. The van der Waals surface area contributed by atoms with Gasteiger partial charge in [-0.3, -0.25) is 0 Å². The fraction of sp³-hybridized carbons (Fsp3) is 0.118. The van der Waals surface area contributed by atoms with Gasteiger partial charge in [-0.15, -0.1) is 0 Å². The number of imidazole rings is 1. The van der Waals surface area contributed by atoms with Gasteiger partial charge >= 0.3 is 0 Å². The van der Waals surface area contributed by atoms with E-state index in [1.807, 2.05) is 42.7 Å². The maximum absolute atomic E-state index is 5.98. The molecule has 0 fully saturated rings. The zero-order valence-electron chi connectivity index (χ0n) is 11.5. The molecule has 0 bridgehead atoms. The third kappa shape index (κ3) is 1.92. The second kappa shape index (κ2) is 4.75. The van der Waals surface area contributed by atoms with Crippen LogP contribution in [0.5, 0.6) is 0 Å².